The summed E-state index contributed by atoms with van der Waals surface area (Å²) >= 11 is 0. The number of hydrogen-bond acceptors (Lipinski definition) is 2. The lowest BCUT2D eigenvalue weighted by Gasteiger charge is -2.01. The Balaban J connectivity index is 2.59. The summed E-state index contributed by atoms with van der Waals surface area (Å²) in [4.78, 5) is 0. The smallest absolute Gasteiger partial charge is 0.101 e. The van der Waals surface area contributed by atoms with Gasteiger partial charge < -0.3 is 0 Å². The van der Waals surface area contributed by atoms with Crippen molar-refractivity contribution in [2.75, 3.05) is 0 Å². The first kappa shape index (κ1) is 7.56. The van der Waals surface area contributed by atoms with Crippen molar-refractivity contribution in [1.82, 2.24) is 9.78 Å². The maximum absolute atomic E-state index is 8.83. The average molecular weight is 169 g/mol. The van der Waals surface area contributed by atoms with Crippen molar-refractivity contribution in [3.63, 3.8) is 0 Å². The Morgan fingerprint density at radius 1 is 1.23 bits per heavy atom. The van der Waals surface area contributed by atoms with Crippen molar-refractivity contribution in [2.45, 2.75) is 0 Å². The van der Waals surface area contributed by atoms with Crippen molar-refractivity contribution in [3.8, 4) is 11.8 Å². The van der Waals surface area contributed by atoms with Crippen LogP contribution in [-0.2, 0) is 0 Å². The molecule has 0 aliphatic rings. The van der Waals surface area contributed by atoms with E-state index >= 15 is 0 Å². The van der Waals surface area contributed by atoms with Crippen LogP contribution in [0.1, 0.15) is 5.56 Å². The fraction of sp³-hybridized carbons (Fsp3) is 0. The van der Waals surface area contributed by atoms with Crippen LogP contribution in [0, 0.1) is 11.3 Å². The van der Waals surface area contributed by atoms with Crippen molar-refractivity contribution in [2.24, 2.45) is 0 Å². The zero-order valence-electron chi connectivity index (χ0n) is 6.88. The molecule has 0 radical (unpaired) electrons. The Morgan fingerprint density at radius 2 is 2.08 bits per heavy atom. The molecule has 1 aromatic heterocycles. The molecule has 13 heavy (non-hydrogen) atoms. The van der Waals surface area contributed by atoms with E-state index in [9.17, 15) is 0 Å². The topological polar surface area (TPSA) is 41.6 Å². The number of hydrogen-bond donors (Lipinski definition) is 0. The number of nitriles is 1. The van der Waals surface area contributed by atoms with Gasteiger partial charge in [0.25, 0.3) is 0 Å². The lowest BCUT2D eigenvalue weighted by atomic mass is 10.2. The Labute approximate surface area is 75.9 Å². The molecule has 0 fully saturated rings. The molecule has 0 amide bonds. The molecule has 0 spiro atoms. The minimum Gasteiger partial charge on any atom is -0.240 e. The van der Waals surface area contributed by atoms with Crippen LogP contribution in [0.4, 0.5) is 0 Å². The zero-order valence-corrected chi connectivity index (χ0v) is 6.88. The summed E-state index contributed by atoms with van der Waals surface area (Å²) in [6.45, 7) is 0. The van der Waals surface area contributed by atoms with E-state index in [1.165, 1.54) is 0 Å². The fourth-order valence-electron chi connectivity index (χ4n) is 1.18. The second kappa shape index (κ2) is 3.11. The van der Waals surface area contributed by atoms with Gasteiger partial charge in [-0.1, -0.05) is 12.1 Å². The van der Waals surface area contributed by atoms with Crippen molar-refractivity contribution < 1.29 is 0 Å². The predicted octanol–water partition coefficient (Wildman–Crippen LogP) is 1.74. The quantitative estimate of drug-likeness (QED) is 0.652. The van der Waals surface area contributed by atoms with Gasteiger partial charge >= 0.3 is 0 Å². The summed E-state index contributed by atoms with van der Waals surface area (Å²) in [6.07, 6.45) is 3.50. The SMILES string of the molecule is N#Cc1ccccc1-n1cccn1. The number of benzene rings is 1. The standard InChI is InChI=1S/C10H7N3/c11-8-9-4-1-2-5-10(9)13-7-3-6-12-13/h1-7H. The molecule has 1 heterocycles. The molecule has 0 aliphatic heterocycles. The summed E-state index contributed by atoms with van der Waals surface area (Å²) in [5.74, 6) is 0. The van der Waals surface area contributed by atoms with Crippen LogP contribution in [0.25, 0.3) is 5.69 Å². The number of aromatic nitrogens is 2. The summed E-state index contributed by atoms with van der Waals surface area (Å²) < 4.78 is 1.68. The molecule has 2 aromatic rings. The van der Waals surface area contributed by atoms with E-state index in [4.69, 9.17) is 5.26 Å². The second-order valence-electron chi connectivity index (χ2n) is 2.58. The van der Waals surface area contributed by atoms with Gasteiger partial charge in [0.15, 0.2) is 0 Å². The van der Waals surface area contributed by atoms with Gasteiger partial charge in [0.05, 0.1) is 11.3 Å². The molecule has 0 atom stereocenters. The van der Waals surface area contributed by atoms with Gasteiger partial charge in [0.2, 0.25) is 0 Å². The maximum atomic E-state index is 8.83. The Kier molecular flexibility index (Phi) is 1.81. The molecule has 0 saturated heterocycles. The summed E-state index contributed by atoms with van der Waals surface area (Å²) in [7, 11) is 0. The first-order chi connectivity index (χ1) is 6.42. The molecule has 62 valence electrons. The van der Waals surface area contributed by atoms with Crippen LogP contribution < -0.4 is 0 Å². The Morgan fingerprint density at radius 3 is 2.77 bits per heavy atom. The highest BCUT2D eigenvalue weighted by atomic mass is 15.3. The van der Waals surface area contributed by atoms with Crippen molar-refractivity contribution in [3.05, 3.63) is 48.3 Å². The summed E-state index contributed by atoms with van der Waals surface area (Å²) in [5.41, 5.74) is 1.45. The van der Waals surface area contributed by atoms with Gasteiger partial charge in [-0.2, -0.15) is 10.4 Å². The van der Waals surface area contributed by atoms with Crippen LogP contribution in [-0.4, -0.2) is 9.78 Å². The molecule has 0 aliphatic carbocycles. The molecule has 3 nitrogen and oxygen atoms in total. The summed E-state index contributed by atoms with van der Waals surface area (Å²) in [5, 5.41) is 12.9. The van der Waals surface area contributed by atoms with E-state index in [2.05, 4.69) is 11.2 Å². The number of nitrogens with zero attached hydrogens (tertiary/aromatic N) is 3. The zero-order chi connectivity index (χ0) is 9.10. The Bertz CT molecular complexity index is 437. The fourth-order valence-corrected chi connectivity index (χ4v) is 1.18. The van der Waals surface area contributed by atoms with E-state index in [-0.39, 0.29) is 0 Å². The van der Waals surface area contributed by atoms with Crippen LogP contribution in [0.3, 0.4) is 0 Å². The molecule has 0 N–H and O–H groups in total. The third-order valence-electron chi connectivity index (χ3n) is 1.78. The van der Waals surface area contributed by atoms with Crippen LogP contribution >= 0.6 is 0 Å². The monoisotopic (exact) mass is 169 g/mol. The van der Waals surface area contributed by atoms with E-state index in [0.29, 0.717) is 5.56 Å². The van der Waals surface area contributed by atoms with Crippen molar-refractivity contribution >= 4 is 0 Å². The van der Waals surface area contributed by atoms with Crippen molar-refractivity contribution in [1.29, 1.82) is 5.26 Å². The summed E-state index contributed by atoms with van der Waals surface area (Å²) in [6, 6.07) is 11.3. The van der Waals surface area contributed by atoms with Gasteiger partial charge in [-0.25, -0.2) is 4.68 Å². The second-order valence-corrected chi connectivity index (χ2v) is 2.58. The molecule has 2 rings (SSSR count). The third-order valence-corrected chi connectivity index (χ3v) is 1.78. The maximum Gasteiger partial charge on any atom is 0.101 e. The minimum atomic E-state index is 0.631. The largest absolute Gasteiger partial charge is 0.240 e. The highest BCUT2D eigenvalue weighted by Gasteiger charge is 2.01. The number of para-hydroxylation sites is 1. The molecule has 1 aromatic carbocycles. The van der Waals surface area contributed by atoms with E-state index < -0.39 is 0 Å². The highest BCUT2D eigenvalue weighted by molar-refractivity contribution is 5.47. The van der Waals surface area contributed by atoms with Gasteiger partial charge in [0.1, 0.15) is 6.07 Å². The molecular formula is C10H7N3. The third kappa shape index (κ3) is 1.30. The first-order valence-corrected chi connectivity index (χ1v) is 3.91. The molecule has 3 heteroatoms. The molecular weight excluding hydrogens is 162 g/mol. The van der Waals surface area contributed by atoms with Crippen LogP contribution in [0.15, 0.2) is 42.7 Å². The molecule has 0 saturated carbocycles. The lowest BCUT2D eigenvalue weighted by Crippen LogP contribution is -1.96. The van der Waals surface area contributed by atoms with Gasteiger partial charge in [-0.15, -0.1) is 0 Å². The molecule has 0 bridgehead atoms. The minimum absolute atomic E-state index is 0.631. The molecule has 0 unspecified atom stereocenters. The average Bonchev–Trinajstić information content (AvgIpc) is 2.70. The predicted molar refractivity (Wildman–Crippen MR) is 48.3 cm³/mol. The van der Waals surface area contributed by atoms with Gasteiger partial charge in [-0.3, -0.25) is 0 Å². The van der Waals surface area contributed by atoms with E-state index in [0.717, 1.165) is 5.69 Å². The first-order valence-electron chi connectivity index (χ1n) is 3.91. The van der Waals surface area contributed by atoms with E-state index in [1.54, 1.807) is 16.9 Å². The van der Waals surface area contributed by atoms with Gasteiger partial charge in [-0.05, 0) is 18.2 Å². The van der Waals surface area contributed by atoms with Gasteiger partial charge in [0, 0.05) is 12.4 Å². The van der Waals surface area contributed by atoms with E-state index in [1.807, 2.05) is 30.5 Å². The normalized spacial score (nSPS) is 9.46. The number of rotatable bonds is 1. The Hall–Kier alpha value is -2.08. The lowest BCUT2D eigenvalue weighted by molar-refractivity contribution is 0.877. The highest BCUT2D eigenvalue weighted by Crippen LogP contribution is 2.11. The van der Waals surface area contributed by atoms with Crippen LogP contribution in [0.2, 0.25) is 0 Å². The van der Waals surface area contributed by atoms with Crippen LogP contribution in [0.5, 0.6) is 0 Å².